The van der Waals surface area contributed by atoms with E-state index in [2.05, 4.69) is 33.8 Å². The molecule has 0 saturated heterocycles. The van der Waals surface area contributed by atoms with Crippen LogP contribution < -0.4 is 0 Å². The average Bonchev–Trinajstić information content (AvgIpc) is 2.61. The number of fused-ring (bicyclic) bond motifs is 1. The van der Waals surface area contributed by atoms with Crippen molar-refractivity contribution in [3.05, 3.63) is 39.0 Å². The van der Waals surface area contributed by atoms with Crippen molar-refractivity contribution >= 4 is 11.9 Å². The molecule has 0 unspecified atom stereocenters. The fourth-order valence-corrected chi connectivity index (χ4v) is 2.48. The Morgan fingerprint density at radius 2 is 1.50 bits per heavy atom. The van der Waals surface area contributed by atoms with Gasteiger partial charge in [0.05, 0.1) is 0 Å². The van der Waals surface area contributed by atoms with E-state index in [1.54, 1.807) is 0 Å². The molecule has 1 aromatic rings. The van der Waals surface area contributed by atoms with Crippen LogP contribution in [0.2, 0.25) is 0 Å². The van der Waals surface area contributed by atoms with E-state index in [9.17, 15) is 4.79 Å². The summed E-state index contributed by atoms with van der Waals surface area (Å²) in [5, 5.41) is 0. The molecular formula is C15H18O. The molecule has 0 heterocycles. The Kier molecular flexibility index (Phi) is 2.49. The van der Waals surface area contributed by atoms with Gasteiger partial charge in [-0.2, -0.15) is 0 Å². The number of hydrogen-bond donors (Lipinski definition) is 0. The third-order valence-corrected chi connectivity index (χ3v) is 3.95. The highest BCUT2D eigenvalue weighted by Crippen LogP contribution is 2.35. The van der Waals surface area contributed by atoms with Crippen LogP contribution in [-0.2, 0) is 0 Å². The van der Waals surface area contributed by atoms with Gasteiger partial charge in [-0.3, -0.25) is 4.79 Å². The Balaban J connectivity index is 2.80. The first-order chi connectivity index (χ1) is 7.49. The third kappa shape index (κ3) is 1.27. The second kappa shape index (κ2) is 3.58. The van der Waals surface area contributed by atoms with Crippen LogP contribution in [-0.4, -0.2) is 5.78 Å². The van der Waals surface area contributed by atoms with E-state index in [4.69, 9.17) is 0 Å². The standard InChI is InChI=1S/C15H18O/c1-6-12-7-13-10(4)8(2)9(3)11(5)14(13)15(12)16/h7H,6H2,1-5H3. The van der Waals surface area contributed by atoms with Gasteiger partial charge < -0.3 is 0 Å². The van der Waals surface area contributed by atoms with Crippen molar-refractivity contribution in [3.8, 4) is 0 Å². The Hall–Kier alpha value is -1.37. The molecule has 0 atom stereocenters. The lowest BCUT2D eigenvalue weighted by atomic mass is 9.90. The minimum atomic E-state index is 0.237. The summed E-state index contributed by atoms with van der Waals surface area (Å²) in [5.74, 6) is 0.237. The maximum absolute atomic E-state index is 12.2. The van der Waals surface area contributed by atoms with Gasteiger partial charge in [0.15, 0.2) is 5.78 Å². The SMILES string of the molecule is CCC1=Cc2c(C)c(C)c(C)c(C)c2C1=O. The van der Waals surface area contributed by atoms with Crippen molar-refractivity contribution in [2.45, 2.75) is 41.0 Å². The summed E-state index contributed by atoms with van der Waals surface area (Å²) in [6.07, 6.45) is 2.90. The highest BCUT2D eigenvalue weighted by atomic mass is 16.1. The average molecular weight is 214 g/mol. The van der Waals surface area contributed by atoms with Crippen LogP contribution in [0.25, 0.3) is 6.08 Å². The molecule has 0 spiro atoms. The van der Waals surface area contributed by atoms with Crippen molar-refractivity contribution < 1.29 is 4.79 Å². The molecule has 0 bridgehead atoms. The minimum Gasteiger partial charge on any atom is -0.289 e. The van der Waals surface area contributed by atoms with Crippen LogP contribution in [0.4, 0.5) is 0 Å². The maximum Gasteiger partial charge on any atom is 0.189 e. The summed E-state index contributed by atoms with van der Waals surface area (Å²) >= 11 is 0. The van der Waals surface area contributed by atoms with Crippen molar-refractivity contribution in [2.24, 2.45) is 0 Å². The van der Waals surface area contributed by atoms with Crippen LogP contribution in [0.5, 0.6) is 0 Å². The lowest BCUT2D eigenvalue weighted by Gasteiger charge is -2.14. The monoisotopic (exact) mass is 214 g/mol. The molecule has 0 aromatic heterocycles. The van der Waals surface area contributed by atoms with E-state index in [1.807, 2.05) is 6.92 Å². The normalized spacial score (nSPS) is 14.1. The van der Waals surface area contributed by atoms with Crippen LogP contribution in [0.3, 0.4) is 0 Å². The van der Waals surface area contributed by atoms with Gasteiger partial charge in [0.1, 0.15) is 0 Å². The molecule has 1 heteroatoms. The summed E-state index contributed by atoms with van der Waals surface area (Å²) < 4.78 is 0. The van der Waals surface area contributed by atoms with E-state index < -0.39 is 0 Å². The number of allylic oxidation sites excluding steroid dienone is 1. The van der Waals surface area contributed by atoms with Crippen LogP contribution in [0.1, 0.15) is 51.5 Å². The molecule has 0 N–H and O–H groups in total. The first-order valence-corrected chi connectivity index (χ1v) is 5.84. The molecule has 1 nitrogen and oxygen atoms in total. The number of ketones is 1. The van der Waals surface area contributed by atoms with Crippen molar-refractivity contribution in [1.82, 2.24) is 0 Å². The van der Waals surface area contributed by atoms with E-state index in [0.717, 1.165) is 28.7 Å². The van der Waals surface area contributed by atoms with E-state index in [-0.39, 0.29) is 5.78 Å². The van der Waals surface area contributed by atoms with Gasteiger partial charge in [0, 0.05) is 11.1 Å². The summed E-state index contributed by atoms with van der Waals surface area (Å²) in [4.78, 5) is 12.2. The van der Waals surface area contributed by atoms with Crippen LogP contribution in [0, 0.1) is 27.7 Å². The predicted octanol–water partition coefficient (Wildman–Crippen LogP) is 3.91. The number of carbonyl (C=O) groups excluding carboxylic acids is 1. The third-order valence-electron chi connectivity index (χ3n) is 3.95. The summed E-state index contributed by atoms with van der Waals surface area (Å²) in [6, 6.07) is 0. The molecule has 0 aliphatic heterocycles. The lowest BCUT2D eigenvalue weighted by molar-refractivity contribution is 0.103. The molecule has 0 saturated carbocycles. The second-order valence-electron chi connectivity index (χ2n) is 4.64. The first-order valence-electron chi connectivity index (χ1n) is 5.84. The Morgan fingerprint density at radius 1 is 0.938 bits per heavy atom. The minimum absolute atomic E-state index is 0.237. The largest absolute Gasteiger partial charge is 0.289 e. The van der Waals surface area contributed by atoms with Gasteiger partial charge >= 0.3 is 0 Å². The quantitative estimate of drug-likeness (QED) is 0.692. The number of hydrogen-bond acceptors (Lipinski definition) is 1. The van der Waals surface area contributed by atoms with Gasteiger partial charge in [-0.25, -0.2) is 0 Å². The molecule has 84 valence electrons. The molecule has 1 aliphatic rings. The second-order valence-corrected chi connectivity index (χ2v) is 4.64. The summed E-state index contributed by atoms with van der Waals surface area (Å²) in [5.41, 5.74) is 8.04. The van der Waals surface area contributed by atoms with Crippen molar-refractivity contribution in [1.29, 1.82) is 0 Å². The molecule has 1 aromatic carbocycles. The van der Waals surface area contributed by atoms with Gasteiger partial charge in [-0.1, -0.05) is 6.92 Å². The molecule has 16 heavy (non-hydrogen) atoms. The van der Waals surface area contributed by atoms with E-state index >= 15 is 0 Å². The topological polar surface area (TPSA) is 17.1 Å². The zero-order chi connectivity index (χ0) is 12.0. The lowest BCUT2D eigenvalue weighted by Crippen LogP contribution is -2.05. The zero-order valence-corrected chi connectivity index (χ0v) is 10.7. The molecule has 1 aliphatic carbocycles. The van der Waals surface area contributed by atoms with Gasteiger partial charge in [0.2, 0.25) is 0 Å². The van der Waals surface area contributed by atoms with Crippen molar-refractivity contribution in [2.75, 3.05) is 0 Å². The molecular weight excluding hydrogens is 196 g/mol. The number of carbonyl (C=O) groups is 1. The Labute approximate surface area is 97.2 Å². The highest BCUT2D eigenvalue weighted by molar-refractivity contribution is 6.19. The van der Waals surface area contributed by atoms with Crippen LogP contribution >= 0.6 is 0 Å². The van der Waals surface area contributed by atoms with E-state index in [0.29, 0.717) is 0 Å². The zero-order valence-electron chi connectivity index (χ0n) is 10.7. The fourth-order valence-electron chi connectivity index (χ4n) is 2.48. The first kappa shape index (κ1) is 11.1. The maximum atomic E-state index is 12.2. The van der Waals surface area contributed by atoms with Gasteiger partial charge in [-0.15, -0.1) is 0 Å². The van der Waals surface area contributed by atoms with E-state index in [1.165, 1.54) is 16.7 Å². The smallest absolute Gasteiger partial charge is 0.189 e. The Bertz CT molecular complexity index is 519. The summed E-state index contributed by atoms with van der Waals surface area (Å²) in [7, 11) is 0. The molecule has 2 rings (SSSR count). The van der Waals surface area contributed by atoms with Crippen LogP contribution in [0.15, 0.2) is 5.57 Å². The number of benzene rings is 1. The van der Waals surface area contributed by atoms with Crippen molar-refractivity contribution in [3.63, 3.8) is 0 Å². The fraction of sp³-hybridized carbons (Fsp3) is 0.400. The predicted molar refractivity (Wildman–Crippen MR) is 68.0 cm³/mol. The van der Waals surface area contributed by atoms with Gasteiger partial charge in [0.25, 0.3) is 0 Å². The van der Waals surface area contributed by atoms with Gasteiger partial charge in [-0.05, 0) is 68.0 Å². The Morgan fingerprint density at radius 3 is 2.06 bits per heavy atom. The molecule has 0 amide bonds. The summed E-state index contributed by atoms with van der Waals surface area (Å²) in [6.45, 7) is 10.5. The number of Topliss-reactive ketones (excluding diaryl/α,β-unsaturated/α-hetero) is 1. The number of rotatable bonds is 1. The highest BCUT2D eigenvalue weighted by Gasteiger charge is 2.26. The molecule has 0 fully saturated rings. The molecule has 0 radical (unpaired) electrons.